The summed E-state index contributed by atoms with van der Waals surface area (Å²) in [5.41, 5.74) is 6.52. The van der Waals surface area contributed by atoms with Gasteiger partial charge in [-0.15, -0.1) is 11.3 Å². The minimum atomic E-state index is 0.151. The van der Waals surface area contributed by atoms with Gasteiger partial charge in [-0.3, -0.25) is 4.79 Å². The van der Waals surface area contributed by atoms with Gasteiger partial charge in [0.15, 0.2) is 0 Å². The molecule has 0 aliphatic carbocycles. The third-order valence-electron chi connectivity index (χ3n) is 3.09. The van der Waals surface area contributed by atoms with Crippen molar-refractivity contribution in [1.82, 2.24) is 10.3 Å². The van der Waals surface area contributed by atoms with E-state index in [9.17, 15) is 4.79 Å². The number of thiazole rings is 1. The van der Waals surface area contributed by atoms with E-state index < -0.39 is 0 Å². The van der Waals surface area contributed by atoms with Gasteiger partial charge >= 0.3 is 0 Å². The van der Waals surface area contributed by atoms with E-state index in [1.807, 2.05) is 6.92 Å². The predicted molar refractivity (Wildman–Crippen MR) is 80.4 cm³/mol. The molecule has 0 saturated carbocycles. The second-order valence-electron chi connectivity index (χ2n) is 4.80. The molecule has 1 heterocycles. The van der Waals surface area contributed by atoms with Crippen molar-refractivity contribution in [3.05, 3.63) is 15.6 Å². The molecule has 5 heteroatoms. The maximum absolute atomic E-state index is 11.6. The highest BCUT2D eigenvalue weighted by atomic mass is 32.1. The normalized spacial score (nSPS) is 10.7. The molecule has 4 nitrogen and oxygen atoms in total. The first kappa shape index (κ1) is 16.1. The number of nitrogens with two attached hydrogens (primary N) is 1. The van der Waals surface area contributed by atoms with E-state index in [1.54, 1.807) is 11.3 Å². The van der Waals surface area contributed by atoms with E-state index >= 15 is 0 Å². The van der Waals surface area contributed by atoms with E-state index in [0.29, 0.717) is 13.0 Å². The summed E-state index contributed by atoms with van der Waals surface area (Å²) in [4.78, 5) is 17.3. The number of rotatable bonds is 9. The Morgan fingerprint density at radius 2 is 2.00 bits per heavy atom. The molecule has 0 radical (unpaired) electrons. The third-order valence-corrected chi connectivity index (χ3v) is 4.22. The maximum Gasteiger partial charge on any atom is 0.220 e. The first-order valence-corrected chi connectivity index (χ1v) is 7.84. The summed E-state index contributed by atoms with van der Waals surface area (Å²) in [6.07, 6.45) is 5.70. The van der Waals surface area contributed by atoms with Crippen LogP contribution < -0.4 is 11.1 Å². The van der Waals surface area contributed by atoms with Crippen LogP contribution in [0.3, 0.4) is 0 Å². The minimum Gasteiger partial charge on any atom is -0.356 e. The Morgan fingerprint density at radius 1 is 1.26 bits per heavy atom. The number of unbranched alkanes of at least 4 members (excludes halogenated alkanes) is 3. The predicted octanol–water partition coefficient (Wildman–Crippen LogP) is 2.33. The van der Waals surface area contributed by atoms with Crippen molar-refractivity contribution >= 4 is 17.2 Å². The monoisotopic (exact) mass is 283 g/mol. The van der Waals surface area contributed by atoms with Crippen LogP contribution in [0.2, 0.25) is 0 Å². The highest BCUT2D eigenvalue weighted by Crippen LogP contribution is 2.16. The summed E-state index contributed by atoms with van der Waals surface area (Å²) in [6.45, 7) is 5.54. The number of carbonyl (C=O) groups is 1. The Bertz CT molecular complexity index is 371. The SMILES string of the molecule is Cc1nc(CCNC(=O)CCCCCCN)sc1C. The first-order chi connectivity index (χ1) is 9.13. The van der Waals surface area contributed by atoms with Crippen molar-refractivity contribution < 1.29 is 4.79 Å². The minimum absolute atomic E-state index is 0.151. The molecule has 1 amide bonds. The molecular formula is C14H25N3OS. The van der Waals surface area contributed by atoms with Crippen LogP contribution in [0.4, 0.5) is 0 Å². The lowest BCUT2D eigenvalue weighted by Gasteiger charge is -2.03. The third kappa shape index (κ3) is 6.68. The Morgan fingerprint density at radius 3 is 2.63 bits per heavy atom. The Labute approximate surface area is 119 Å². The lowest BCUT2D eigenvalue weighted by atomic mass is 10.1. The molecule has 0 aliphatic rings. The molecule has 0 spiro atoms. The number of aromatic nitrogens is 1. The quantitative estimate of drug-likeness (QED) is 0.683. The fraction of sp³-hybridized carbons (Fsp3) is 0.714. The summed E-state index contributed by atoms with van der Waals surface area (Å²) >= 11 is 1.72. The van der Waals surface area contributed by atoms with Gasteiger partial charge in [-0.25, -0.2) is 4.98 Å². The fourth-order valence-electron chi connectivity index (χ4n) is 1.83. The molecule has 1 rings (SSSR count). The van der Waals surface area contributed by atoms with Crippen molar-refractivity contribution in [2.24, 2.45) is 5.73 Å². The summed E-state index contributed by atoms with van der Waals surface area (Å²) in [6, 6.07) is 0. The summed E-state index contributed by atoms with van der Waals surface area (Å²) < 4.78 is 0. The molecule has 0 atom stereocenters. The molecule has 1 aromatic heterocycles. The number of aryl methyl sites for hydroxylation is 2. The zero-order valence-corrected chi connectivity index (χ0v) is 12.8. The van der Waals surface area contributed by atoms with Gasteiger partial charge in [-0.1, -0.05) is 12.8 Å². The second kappa shape index (κ2) is 9.04. The molecule has 0 fully saturated rings. The standard InChI is InChI=1S/C14H25N3OS/c1-11-12(2)19-14(17-11)8-10-16-13(18)7-5-3-4-6-9-15/h3-10,15H2,1-2H3,(H,16,18). The van der Waals surface area contributed by atoms with E-state index in [1.165, 1.54) is 4.88 Å². The molecule has 0 unspecified atom stereocenters. The summed E-state index contributed by atoms with van der Waals surface area (Å²) in [7, 11) is 0. The summed E-state index contributed by atoms with van der Waals surface area (Å²) in [5, 5.41) is 4.06. The highest BCUT2D eigenvalue weighted by Gasteiger charge is 2.05. The summed E-state index contributed by atoms with van der Waals surface area (Å²) in [5.74, 6) is 0.151. The smallest absolute Gasteiger partial charge is 0.220 e. The van der Waals surface area contributed by atoms with Gasteiger partial charge in [-0.05, 0) is 33.2 Å². The molecule has 3 N–H and O–H groups in total. The number of nitrogens with one attached hydrogen (secondary N) is 1. The van der Waals surface area contributed by atoms with Gasteiger partial charge in [0.1, 0.15) is 0 Å². The van der Waals surface area contributed by atoms with Crippen molar-refractivity contribution in [3.8, 4) is 0 Å². The van der Waals surface area contributed by atoms with Gasteiger partial charge < -0.3 is 11.1 Å². The van der Waals surface area contributed by atoms with E-state index in [-0.39, 0.29) is 5.91 Å². The maximum atomic E-state index is 11.6. The number of carbonyl (C=O) groups excluding carboxylic acids is 1. The molecular weight excluding hydrogens is 258 g/mol. The van der Waals surface area contributed by atoms with Crippen molar-refractivity contribution in [1.29, 1.82) is 0 Å². The molecule has 0 aliphatic heterocycles. The molecule has 19 heavy (non-hydrogen) atoms. The highest BCUT2D eigenvalue weighted by molar-refractivity contribution is 7.11. The van der Waals surface area contributed by atoms with Crippen molar-refractivity contribution in [3.63, 3.8) is 0 Å². The van der Waals surface area contributed by atoms with E-state index in [4.69, 9.17) is 5.73 Å². The lowest BCUT2D eigenvalue weighted by molar-refractivity contribution is -0.121. The topological polar surface area (TPSA) is 68.0 Å². The Kier molecular flexibility index (Phi) is 7.67. The van der Waals surface area contributed by atoms with Crippen LogP contribution in [0.25, 0.3) is 0 Å². The number of amides is 1. The van der Waals surface area contributed by atoms with Gasteiger partial charge in [-0.2, -0.15) is 0 Å². The van der Waals surface area contributed by atoms with Crippen LogP contribution in [0.5, 0.6) is 0 Å². The molecule has 108 valence electrons. The van der Waals surface area contributed by atoms with Gasteiger partial charge in [0.2, 0.25) is 5.91 Å². The number of hydrogen-bond donors (Lipinski definition) is 2. The number of hydrogen-bond acceptors (Lipinski definition) is 4. The zero-order valence-electron chi connectivity index (χ0n) is 12.0. The van der Waals surface area contributed by atoms with Crippen LogP contribution in [0.15, 0.2) is 0 Å². The van der Waals surface area contributed by atoms with Gasteiger partial charge in [0.25, 0.3) is 0 Å². The lowest BCUT2D eigenvalue weighted by Crippen LogP contribution is -2.25. The first-order valence-electron chi connectivity index (χ1n) is 7.03. The largest absolute Gasteiger partial charge is 0.356 e. The fourth-order valence-corrected chi connectivity index (χ4v) is 2.76. The Balaban J connectivity index is 2.07. The zero-order chi connectivity index (χ0) is 14.1. The van der Waals surface area contributed by atoms with Gasteiger partial charge in [0.05, 0.1) is 10.7 Å². The van der Waals surface area contributed by atoms with Crippen molar-refractivity contribution in [2.75, 3.05) is 13.1 Å². The molecule has 1 aromatic rings. The van der Waals surface area contributed by atoms with Gasteiger partial charge in [0, 0.05) is 24.3 Å². The van der Waals surface area contributed by atoms with E-state index in [0.717, 1.165) is 49.4 Å². The molecule has 0 bridgehead atoms. The van der Waals surface area contributed by atoms with Crippen molar-refractivity contribution in [2.45, 2.75) is 52.4 Å². The Hall–Kier alpha value is -0.940. The second-order valence-corrected chi connectivity index (χ2v) is 6.09. The average Bonchev–Trinajstić information content (AvgIpc) is 2.68. The van der Waals surface area contributed by atoms with Crippen LogP contribution in [0.1, 0.15) is 47.7 Å². The molecule has 0 saturated heterocycles. The van der Waals surface area contributed by atoms with Crippen LogP contribution >= 0.6 is 11.3 Å². The molecule has 0 aromatic carbocycles. The van der Waals surface area contributed by atoms with Crippen LogP contribution in [-0.4, -0.2) is 24.0 Å². The van der Waals surface area contributed by atoms with E-state index in [2.05, 4.69) is 17.2 Å². The van der Waals surface area contributed by atoms with Crippen LogP contribution in [0, 0.1) is 13.8 Å². The van der Waals surface area contributed by atoms with Crippen LogP contribution in [-0.2, 0) is 11.2 Å². The average molecular weight is 283 g/mol. The number of nitrogens with zero attached hydrogens (tertiary/aromatic N) is 1.